The molecule has 29 heavy (non-hydrogen) atoms. The minimum absolute atomic E-state index is 0. The van der Waals surface area contributed by atoms with Crippen molar-refractivity contribution in [2.75, 3.05) is 33.3 Å². The molecule has 7 heteroatoms. The maximum Gasteiger partial charge on any atom is 0.225 e. The van der Waals surface area contributed by atoms with E-state index in [1.54, 1.807) is 7.05 Å². The van der Waals surface area contributed by atoms with Crippen LogP contribution in [0.2, 0.25) is 0 Å². The molecule has 0 radical (unpaired) electrons. The molecule has 1 aromatic rings. The lowest BCUT2D eigenvalue weighted by atomic mass is 9.88. The summed E-state index contributed by atoms with van der Waals surface area (Å²) < 4.78 is 5.74. The Balaban J connectivity index is 0.00000300. The number of likely N-dealkylation sites (tertiary alicyclic amines) is 1. The molecule has 1 saturated heterocycles. The van der Waals surface area contributed by atoms with Gasteiger partial charge in [0.1, 0.15) is 12.4 Å². The summed E-state index contributed by atoms with van der Waals surface area (Å²) in [6.45, 7) is 4.93. The van der Waals surface area contributed by atoms with E-state index in [0.29, 0.717) is 19.1 Å². The number of ether oxygens (including phenoxy) is 1. The standard InChI is InChI=1S/C22H34N4O2.HI/c1-17-8-10-20(11-9-17)28-15-13-24-22(23-2)25-19-12-14-26(16-19)21(27)18-6-4-3-5-7-18;/h8-11,18-19H,3-7,12-16H2,1-2H3,(H2,23,24,25);1H. The predicted molar refractivity (Wildman–Crippen MR) is 128 cm³/mol. The van der Waals surface area contributed by atoms with Crippen molar-refractivity contribution in [2.24, 2.45) is 10.9 Å². The summed E-state index contributed by atoms with van der Waals surface area (Å²) in [5, 5.41) is 6.74. The van der Waals surface area contributed by atoms with Crippen LogP contribution in [-0.2, 0) is 4.79 Å². The average Bonchev–Trinajstić information content (AvgIpc) is 3.20. The first-order chi connectivity index (χ1) is 13.7. The van der Waals surface area contributed by atoms with Gasteiger partial charge in [-0.3, -0.25) is 9.79 Å². The Morgan fingerprint density at radius 3 is 2.59 bits per heavy atom. The molecule has 1 aliphatic heterocycles. The molecule has 1 heterocycles. The van der Waals surface area contributed by atoms with E-state index in [9.17, 15) is 4.79 Å². The lowest BCUT2D eigenvalue weighted by Gasteiger charge is -2.26. The van der Waals surface area contributed by atoms with Gasteiger partial charge in [0.25, 0.3) is 0 Å². The summed E-state index contributed by atoms with van der Waals surface area (Å²) in [6.07, 6.45) is 6.79. The summed E-state index contributed by atoms with van der Waals surface area (Å²) in [5.41, 5.74) is 1.22. The fourth-order valence-electron chi connectivity index (χ4n) is 4.05. The zero-order chi connectivity index (χ0) is 19.8. The van der Waals surface area contributed by atoms with E-state index < -0.39 is 0 Å². The van der Waals surface area contributed by atoms with Crippen LogP contribution in [0, 0.1) is 12.8 Å². The van der Waals surface area contributed by atoms with Crippen molar-refractivity contribution in [1.29, 1.82) is 0 Å². The third kappa shape index (κ3) is 7.35. The zero-order valence-corrected chi connectivity index (χ0v) is 20.0. The first-order valence-electron chi connectivity index (χ1n) is 10.6. The van der Waals surface area contributed by atoms with Crippen molar-refractivity contribution in [3.63, 3.8) is 0 Å². The molecule has 162 valence electrons. The molecule has 0 bridgehead atoms. The molecule has 0 aromatic heterocycles. The maximum absolute atomic E-state index is 12.7. The second-order valence-electron chi connectivity index (χ2n) is 7.91. The summed E-state index contributed by atoms with van der Waals surface area (Å²) in [7, 11) is 1.77. The van der Waals surface area contributed by atoms with Crippen LogP contribution in [0.1, 0.15) is 44.1 Å². The molecular weight excluding hydrogens is 479 g/mol. The molecule has 1 aromatic carbocycles. The zero-order valence-electron chi connectivity index (χ0n) is 17.7. The summed E-state index contributed by atoms with van der Waals surface area (Å²) >= 11 is 0. The smallest absolute Gasteiger partial charge is 0.225 e. The van der Waals surface area contributed by atoms with Crippen LogP contribution in [0.4, 0.5) is 0 Å². The van der Waals surface area contributed by atoms with Crippen molar-refractivity contribution < 1.29 is 9.53 Å². The van der Waals surface area contributed by atoms with Gasteiger partial charge in [0.15, 0.2) is 5.96 Å². The van der Waals surface area contributed by atoms with Crippen molar-refractivity contribution in [1.82, 2.24) is 15.5 Å². The van der Waals surface area contributed by atoms with Gasteiger partial charge >= 0.3 is 0 Å². The Morgan fingerprint density at radius 2 is 1.90 bits per heavy atom. The molecule has 1 aliphatic carbocycles. The average molecular weight is 514 g/mol. The Hall–Kier alpha value is -1.51. The normalized spacial score (nSPS) is 20.1. The third-order valence-electron chi connectivity index (χ3n) is 5.70. The number of hydrogen-bond acceptors (Lipinski definition) is 3. The van der Waals surface area contributed by atoms with Crippen molar-refractivity contribution in [3.05, 3.63) is 29.8 Å². The van der Waals surface area contributed by atoms with E-state index in [1.807, 2.05) is 29.2 Å². The third-order valence-corrected chi connectivity index (χ3v) is 5.70. The van der Waals surface area contributed by atoms with Crippen LogP contribution in [0.3, 0.4) is 0 Å². The number of nitrogens with zero attached hydrogens (tertiary/aromatic N) is 2. The van der Waals surface area contributed by atoms with E-state index in [1.165, 1.54) is 24.8 Å². The molecule has 0 spiro atoms. The van der Waals surface area contributed by atoms with Crippen LogP contribution in [0.25, 0.3) is 0 Å². The number of guanidine groups is 1. The fourth-order valence-corrected chi connectivity index (χ4v) is 4.05. The first kappa shape index (κ1) is 23.8. The highest BCUT2D eigenvalue weighted by atomic mass is 127. The lowest BCUT2D eigenvalue weighted by Crippen LogP contribution is -2.46. The number of amides is 1. The SMILES string of the molecule is CN=C(NCCOc1ccc(C)cc1)NC1CCN(C(=O)C2CCCCC2)C1.I. The number of rotatable bonds is 6. The second-order valence-corrected chi connectivity index (χ2v) is 7.91. The largest absolute Gasteiger partial charge is 0.492 e. The lowest BCUT2D eigenvalue weighted by molar-refractivity contribution is -0.135. The number of aryl methyl sites for hydroxylation is 1. The van der Waals surface area contributed by atoms with Crippen molar-refractivity contribution in [2.45, 2.75) is 51.5 Å². The first-order valence-corrected chi connectivity index (χ1v) is 10.6. The number of halogens is 1. The number of aliphatic imine (C=N–C) groups is 1. The highest BCUT2D eigenvalue weighted by Crippen LogP contribution is 2.26. The minimum Gasteiger partial charge on any atom is -0.492 e. The van der Waals surface area contributed by atoms with Crippen molar-refractivity contribution in [3.8, 4) is 5.75 Å². The van der Waals surface area contributed by atoms with Gasteiger partial charge in [-0.05, 0) is 38.3 Å². The molecule has 1 unspecified atom stereocenters. The van der Waals surface area contributed by atoms with Gasteiger partial charge in [-0.15, -0.1) is 24.0 Å². The van der Waals surface area contributed by atoms with Gasteiger partial charge in [-0.2, -0.15) is 0 Å². The van der Waals surface area contributed by atoms with E-state index in [-0.39, 0.29) is 35.9 Å². The van der Waals surface area contributed by atoms with Gasteiger partial charge < -0.3 is 20.3 Å². The monoisotopic (exact) mass is 514 g/mol. The maximum atomic E-state index is 12.7. The van der Waals surface area contributed by atoms with Gasteiger partial charge in [-0.25, -0.2) is 0 Å². The van der Waals surface area contributed by atoms with Gasteiger partial charge in [0.05, 0.1) is 6.54 Å². The number of carbonyl (C=O) groups excluding carboxylic acids is 1. The molecule has 1 saturated carbocycles. The number of hydrogen-bond donors (Lipinski definition) is 2. The topological polar surface area (TPSA) is 66.0 Å². The summed E-state index contributed by atoms with van der Waals surface area (Å²) in [5.74, 6) is 2.26. The highest BCUT2D eigenvalue weighted by molar-refractivity contribution is 14.0. The quantitative estimate of drug-likeness (QED) is 0.265. The minimum atomic E-state index is 0. The van der Waals surface area contributed by atoms with Crippen LogP contribution < -0.4 is 15.4 Å². The van der Waals surface area contributed by atoms with Gasteiger partial charge in [0.2, 0.25) is 5.91 Å². The molecule has 1 atom stereocenters. The van der Waals surface area contributed by atoms with Crippen LogP contribution in [0.15, 0.2) is 29.3 Å². The Labute approximate surface area is 191 Å². The Kier molecular flexibility index (Phi) is 10.0. The summed E-state index contributed by atoms with van der Waals surface area (Å²) in [4.78, 5) is 19.0. The molecule has 2 aliphatic rings. The van der Waals surface area contributed by atoms with E-state index >= 15 is 0 Å². The number of nitrogens with one attached hydrogen (secondary N) is 2. The number of carbonyl (C=O) groups is 1. The molecule has 1 amide bonds. The molecule has 2 fully saturated rings. The van der Waals surface area contributed by atoms with E-state index in [4.69, 9.17) is 4.74 Å². The molecule has 2 N–H and O–H groups in total. The van der Waals surface area contributed by atoms with Gasteiger partial charge in [0, 0.05) is 32.1 Å². The second kappa shape index (κ2) is 12.2. The number of benzene rings is 1. The Bertz CT molecular complexity index is 659. The van der Waals surface area contributed by atoms with E-state index in [2.05, 4.69) is 22.5 Å². The van der Waals surface area contributed by atoms with Crippen molar-refractivity contribution >= 4 is 35.8 Å². The van der Waals surface area contributed by atoms with Crippen LogP contribution >= 0.6 is 24.0 Å². The van der Waals surface area contributed by atoms with E-state index in [0.717, 1.165) is 44.1 Å². The molecule has 3 rings (SSSR count). The predicted octanol–water partition coefficient (Wildman–Crippen LogP) is 3.34. The molecular formula is C22H35IN4O2. The highest BCUT2D eigenvalue weighted by Gasteiger charge is 2.31. The fraction of sp³-hybridized carbons (Fsp3) is 0.636. The van der Waals surface area contributed by atoms with Gasteiger partial charge in [-0.1, -0.05) is 37.0 Å². The van der Waals surface area contributed by atoms with Crippen LogP contribution in [0.5, 0.6) is 5.75 Å². The summed E-state index contributed by atoms with van der Waals surface area (Å²) in [6, 6.07) is 8.32. The molecule has 6 nitrogen and oxygen atoms in total. The Morgan fingerprint density at radius 1 is 1.17 bits per heavy atom. The van der Waals surface area contributed by atoms with Crippen LogP contribution in [-0.4, -0.2) is 56.1 Å².